The number of rotatable bonds is 0. The zero-order chi connectivity index (χ0) is 12.8. The Bertz CT molecular complexity index is 329. The number of fused-ring (bicyclic) bond motifs is 1. The first-order chi connectivity index (χ1) is 7.83. The van der Waals surface area contributed by atoms with Gasteiger partial charge in [-0.05, 0) is 24.7 Å². The highest BCUT2D eigenvalue weighted by molar-refractivity contribution is 5.19. The van der Waals surface area contributed by atoms with Gasteiger partial charge in [-0.25, -0.2) is 0 Å². The van der Waals surface area contributed by atoms with E-state index in [1.807, 2.05) is 13.8 Å². The maximum Gasteiger partial charge on any atom is 0.0882 e. The van der Waals surface area contributed by atoms with Crippen molar-refractivity contribution in [3.63, 3.8) is 0 Å². The molecule has 2 saturated carbocycles. The van der Waals surface area contributed by atoms with Crippen molar-refractivity contribution in [3.8, 4) is 6.07 Å². The van der Waals surface area contributed by atoms with E-state index >= 15 is 0 Å². The third-order valence-electron chi connectivity index (χ3n) is 4.85. The van der Waals surface area contributed by atoms with Crippen LogP contribution in [0.3, 0.4) is 0 Å². The minimum atomic E-state index is -1.24. The number of hydrogen-bond acceptors (Lipinski definition) is 4. The van der Waals surface area contributed by atoms with Crippen molar-refractivity contribution in [3.05, 3.63) is 0 Å². The fourth-order valence-corrected chi connectivity index (χ4v) is 3.60. The number of aliphatic hydroxyl groups is 3. The molecular formula is C13H21NO3. The molecule has 2 unspecified atom stereocenters. The minimum absolute atomic E-state index is 0.0253. The molecule has 0 aromatic carbocycles. The van der Waals surface area contributed by atoms with Gasteiger partial charge in [0.2, 0.25) is 0 Å². The second kappa shape index (κ2) is 3.94. The first-order valence-corrected chi connectivity index (χ1v) is 6.33. The van der Waals surface area contributed by atoms with Gasteiger partial charge in [-0.15, -0.1) is 0 Å². The molecule has 2 fully saturated rings. The van der Waals surface area contributed by atoms with Crippen molar-refractivity contribution < 1.29 is 15.3 Å². The molecule has 6 atom stereocenters. The van der Waals surface area contributed by atoms with Crippen LogP contribution in [0.25, 0.3) is 0 Å². The molecule has 0 bridgehead atoms. The summed E-state index contributed by atoms with van der Waals surface area (Å²) in [6, 6.07) is 2.29. The third kappa shape index (κ3) is 1.77. The van der Waals surface area contributed by atoms with Gasteiger partial charge in [0.15, 0.2) is 0 Å². The summed E-state index contributed by atoms with van der Waals surface area (Å²) in [5.41, 5.74) is -2.04. The van der Waals surface area contributed by atoms with Crippen molar-refractivity contribution in [2.45, 2.75) is 57.3 Å². The van der Waals surface area contributed by atoms with Gasteiger partial charge in [0.1, 0.15) is 0 Å². The second-order valence-electron chi connectivity index (χ2n) is 6.13. The summed E-state index contributed by atoms with van der Waals surface area (Å²) in [5.74, 6) is 0.0507. The fraction of sp³-hybridized carbons (Fsp3) is 0.923. The number of nitrogens with zero attached hydrogens (tertiary/aromatic N) is 1. The highest BCUT2D eigenvalue weighted by Gasteiger charge is 2.60. The Labute approximate surface area is 102 Å². The van der Waals surface area contributed by atoms with E-state index in [1.165, 1.54) is 0 Å². The second-order valence-corrected chi connectivity index (χ2v) is 6.13. The molecule has 2 aliphatic rings. The molecule has 2 rings (SSSR count). The molecule has 2 aliphatic carbocycles. The summed E-state index contributed by atoms with van der Waals surface area (Å²) in [6.45, 7) is 3.83. The third-order valence-corrected chi connectivity index (χ3v) is 4.85. The largest absolute Gasteiger partial charge is 0.393 e. The summed E-state index contributed by atoms with van der Waals surface area (Å²) < 4.78 is 0. The molecule has 0 radical (unpaired) electrons. The number of hydrogen-bond donors (Lipinski definition) is 3. The van der Waals surface area contributed by atoms with E-state index < -0.39 is 23.2 Å². The van der Waals surface area contributed by atoms with Crippen molar-refractivity contribution in [2.24, 2.45) is 17.3 Å². The van der Waals surface area contributed by atoms with Gasteiger partial charge in [0, 0.05) is 12.8 Å². The first kappa shape index (κ1) is 12.8. The van der Waals surface area contributed by atoms with Crippen LogP contribution in [-0.4, -0.2) is 33.1 Å². The summed E-state index contributed by atoms with van der Waals surface area (Å²) >= 11 is 0. The number of nitriles is 1. The summed E-state index contributed by atoms with van der Waals surface area (Å²) in [4.78, 5) is 0. The van der Waals surface area contributed by atoms with Gasteiger partial charge < -0.3 is 15.3 Å². The molecular weight excluding hydrogens is 218 g/mol. The Morgan fingerprint density at radius 2 is 1.41 bits per heavy atom. The zero-order valence-corrected chi connectivity index (χ0v) is 10.4. The lowest BCUT2D eigenvalue weighted by molar-refractivity contribution is -0.190. The van der Waals surface area contributed by atoms with Crippen molar-refractivity contribution in [1.29, 1.82) is 5.26 Å². The molecule has 0 aromatic rings. The van der Waals surface area contributed by atoms with Gasteiger partial charge in [0.05, 0.1) is 29.3 Å². The monoisotopic (exact) mass is 239 g/mol. The normalized spacial score (nSPS) is 54.8. The van der Waals surface area contributed by atoms with E-state index in [2.05, 4.69) is 6.07 Å². The van der Waals surface area contributed by atoms with Crippen LogP contribution in [0.4, 0.5) is 0 Å². The van der Waals surface area contributed by atoms with E-state index in [1.54, 1.807) is 0 Å². The van der Waals surface area contributed by atoms with Gasteiger partial charge in [0.25, 0.3) is 0 Å². The van der Waals surface area contributed by atoms with Gasteiger partial charge >= 0.3 is 0 Å². The minimum Gasteiger partial charge on any atom is -0.393 e. The summed E-state index contributed by atoms with van der Waals surface area (Å²) in [6.07, 6.45) is 0.261. The fourth-order valence-electron chi connectivity index (χ4n) is 3.60. The Morgan fingerprint density at radius 1 is 1.00 bits per heavy atom. The Morgan fingerprint density at radius 3 is 1.76 bits per heavy atom. The average molecular weight is 239 g/mol. The van der Waals surface area contributed by atoms with E-state index in [0.717, 1.165) is 0 Å². The molecule has 96 valence electrons. The molecule has 4 nitrogen and oxygen atoms in total. The van der Waals surface area contributed by atoms with Crippen molar-refractivity contribution >= 4 is 0 Å². The van der Waals surface area contributed by atoms with Crippen LogP contribution in [0, 0.1) is 28.6 Å². The quantitative estimate of drug-likeness (QED) is 0.584. The Balaban J connectivity index is 2.37. The Hall–Kier alpha value is -0.630. The van der Waals surface area contributed by atoms with E-state index in [4.69, 9.17) is 0 Å². The van der Waals surface area contributed by atoms with Crippen LogP contribution in [0.5, 0.6) is 0 Å². The maximum atomic E-state index is 10.7. The van der Waals surface area contributed by atoms with E-state index in [0.29, 0.717) is 12.8 Å². The van der Waals surface area contributed by atoms with Gasteiger partial charge in [-0.1, -0.05) is 13.8 Å². The lowest BCUT2D eigenvalue weighted by Crippen LogP contribution is -2.61. The molecule has 3 N–H and O–H groups in total. The Kier molecular flexibility index (Phi) is 2.97. The first-order valence-electron chi connectivity index (χ1n) is 6.33. The zero-order valence-electron chi connectivity index (χ0n) is 10.4. The predicted molar refractivity (Wildman–Crippen MR) is 61.8 cm³/mol. The van der Waals surface area contributed by atoms with Crippen LogP contribution in [0.2, 0.25) is 0 Å². The molecule has 17 heavy (non-hydrogen) atoms. The molecule has 0 aromatic heterocycles. The SMILES string of the molecule is C[C@@H]1CC2(C#N)C[C@H](C)[C@@H](O)CC2(O)C[C@H]1O. The van der Waals surface area contributed by atoms with Crippen LogP contribution < -0.4 is 0 Å². The lowest BCUT2D eigenvalue weighted by Gasteiger charge is -2.55. The molecule has 0 amide bonds. The van der Waals surface area contributed by atoms with Crippen LogP contribution in [-0.2, 0) is 0 Å². The predicted octanol–water partition coefficient (Wildman–Crippen LogP) is 0.809. The highest BCUT2D eigenvalue weighted by Crippen LogP contribution is 2.55. The topological polar surface area (TPSA) is 84.5 Å². The molecule has 0 saturated heterocycles. The lowest BCUT2D eigenvalue weighted by atomic mass is 9.52. The number of aliphatic hydroxyl groups excluding tert-OH is 2. The van der Waals surface area contributed by atoms with Gasteiger partial charge in [-0.2, -0.15) is 5.26 Å². The van der Waals surface area contributed by atoms with E-state index in [-0.39, 0.29) is 24.7 Å². The van der Waals surface area contributed by atoms with Crippen molar-refractivity contribution in [2.75, 3.05) is 0 Å². The van der Waals surface area contributed by atoms with E-state index in [9.17, 15) is 20.6 Å². The molecule has 0 heterocycles. The highest BCUT2D eigenvalue weighted by atomic mass is 16.3. The average Bonchev–Trinajstić information content (AvgIpc) is 2.24. The van der Waals surface area contributed by atoms with Crippen LogP contribution in [0.1, 0.15) is 39.5 Å². The smallest absolute Gasteiger partial charge is 0.0882 e. The molecule has 0 spiro atoms. The maximum absolute atomic E-state index is 10.7. The standard InChI is InChI=1S/C13H21NO3/c1-8-3-12(7-14)4-9(2)11(16)6-13(12,17)5-10(8)15/h8-11,15-17H,3-6H2,1-2H3/t8-,9+,10-,11+,12?,13?. The molecule has 4 heteroatoms. The van der Waals surface area contributed by atoms with Crippen LogP contribution >= 0.6 is 0 Å². The summed E-state index contributed by atoms with van der Waals surface area (Å²) in [5, 5.41) is 39.9. The van der Waals surface area contributed by atoms with Crippen molar-refractivity contribution in [1.82, 2.24) is 0 Å². The summed E-state index contributed by atoms with van der Waals surface area (Å²) in [7, 11) is 0. The van der Waals surface area contributed by atoms with Gasteiger partial charge in [-0.3, -0.25) is 0 Å². The van der Waals surface area contributed by atoms with Crippen LogP contribution in [0.15, 0.2) is 0 Å². The molecule has 0 aliphatic heterocycles.